The molecule has 1 unspecified atom stereocenters. The van der Waals surface area contributed by atoms with E-state index >= 15 is 0 Å². The van der Waals surface area contributed by atoms with E-state index in [0.29, 0.717) is 17.8 Å². The number of ketones is 1. The molecule has 2 aliphatic rings. The predicted molar refractivity (Wildman–Crippen MR) is 130 cm³/mol. The second kappa shape index (κ2) is 7.96. The summed E-state index contributed by atoms with van der Waals surface area (Å²) in [5.41, 5.74) is 10.8. The van der Waals surface area contributed by atoms with E-state index in [1.54, 1.807) is 11.3 Å². The van der Waals surface area contributed by atoms with Gasteiger partial charge in [-0.3, -0.25) is 9.69 Å². The van der Waals surface area contributed by atoms with Crippen LogP contribution in [0.3, 0.4) is 0 Å². The number of thiophene rings is 1. The fraction of sp³-hybridized carbons (Fsp3) is 0.360. The van der Waals surface area contributed by atoms with E-state index in [1.807, 2.05) is 36.1 Å². The molecule has 0 amide bonds. The fourth-order valence-electron chi connectivity index (χ4n) is 4.72. The molecule has 160 valence electrons. The van der Waals surface area contributed by atoms with Gasteiger partial charge in [-0.2, -0.15) is 5.26 Å². The van der Waals surface area contributed by atoms with E-state index in [-0.39, 0.29) is 11.2 Å². The predicted octanol–water partition coefficient (Wildman–Crippen LogP) is 6.32. The van der Waals surface area contributed by atoms with Crippen LogP contribution in [-0.2, 0) is 11.2 Å². The minimum Gasteiger partial charge on any atom is -0.384 e. The first-order chi connectivity index (χ1) is 14.7. The molecular weight excluding hydrogens is 470 g/mol. The number of carbonyl (C=O) groups excluding carboxylic acids is 1. The van der Waals surface area contributed by atoms with Crippen molar-refractivity contribution in [2.75, 3.05) is 4.90 Å². The zero-order valence-corrected chi connectivity index (χ0v) is 20.7. The Morgan fingerprint density at radius 3 is 2.65 bits per heavy atom. The molecule has 1 aliphatic carbocycles. The molecule has 2 N–H and O–H groups in total. The van der Waals surface area contributed by atoms with Crippen molar-refractivity contribution < 1.29 is 4.79 Å². The Labute approximate surface area is 196 Å². The smallest absolute Gasteiger partial charge is 0.162 e. The van der Waals surface area contributed by atoms with Crippen molar-refractivity contribution in [1.82, 2.24) is 0 Å². The number of hydrogen-bond donors (Lipinski definition) is 1. The number of allylic oxidation sites excluding steroid dienone is 3. The molecule has 2 heterocycles. The van der Waals surface area contributed by atoms with Gasteiger partial charge in [0.15, 0.2) is 5.78 Å². The molecular formula is C25H26BrN3OS. The third kappa shape index (κ3) is 3.64. The van der Waals surface area contributed by atoms with Crippen molar-refractivity contribution in [2.24, 2.45) is 11.1 Å². The Morgan fingerprint density at radius 1 is 1.32 bits per heavy atom. The Bertz CT molecular complexity index is 1160. The van der Waals surface area contributed by atoms with Crippen LogP contribution >= 0.6 is 27.3 Å². The molecule has 1 aliphatic heterocycles. The minimum atomic E-state index is -0.413. The van der Waals surface area contributed by atoms with Crippen molar-refractivity contribution in [1.29, 1.82) is 5.26 Å². The van der Waals surface area contributed by atoms with Crippen LogP contribution in [0, 0.1) is 23.7 Å². The molecule has 0 saturated heterocycles. The summed E-state index contributed by atoms with van der Waals surface area (Å²) < 4.78 is 0.993. The minimum absolute atomic E-state index is 0.109. The van der Waals surface area contributed by atoms with E-state index in [2.05, 4.69) is 48.8 Å². The van der Waals surface area contributed by atoms with Gasteiger partial charge in [0.25, 0.3) is 0 Å². The Balaban J connectivity index is 2.03. The summed E-state index contributed by atoms with van der Waals surface area (Å²) in [7, 11) is 0. The molecule has 4 rings (SSSR count). The highest BCUT2D eigenvalue weighted by Crippen LogP contribution is 2.52. The second-order valence-electron chi connectivity index (χ2n) is 9.02. The van der Waals surface area contributed by atoms with Crippen LogP contribution in [-0.4, -0.2) is 5.78 Å². The van der Waals surface area contributed by atoms with Crippen molar-refractivity contribution in [2.45, 2.75) is 52.9 Å². The monoisotopic (exact) mass is 495 g/mol. The van der Waals surface area contributed by atoms with E-state index in [4.69, 9.17) is 5.73 Å². The summed E-state index contributed by atoms with van der Waals surface area (Å²) in [6.07, 6.45) is 2.03. The largest absolute Gasteiger partial charge is 0.384 e. The summed E-state index contributed by atoms with van der Waals surface area (Å²) in [4.78, 5) is 17.6. The van der Waals surface area contributed by atoms with Gasteiger partial charge in [-0.1, -0.05) is 39.0 Å². The van der Waals surface area contributed by atoms with Gasteiger partial charge in [0.05, 0.1) is 23.2 Å². The van der Waals surface area contributed by atoms with E-state index in [0.717, 1.165) is 49.6 Å². The maximum atomic E-state index is 13.6. The molecule has 1 atom stereocenters. The number of rotatable bonds is 3. The van der Waals surface area contributed by atoms with Crippen molar-refractivity contribution in [3.63, 3.8) is 0 Å². The molecule has 0 fully saturated rings. The van der Waals surface area contributed by atoms with Crippen molar-refractivity contribution in [3.05, 3.63) is 72.8 Å². The topological polar surface area (TPSA) is 70.1 Å². The number of Topliss-reactive ketones (excluding diaryl/α,β-unsaturated/α-hetero) is 1. The van der Waals surface area contributed by atoms with Gasteiger partial charge in [0.1, 0.15) is 5.82 Å². The number of nitrogens with zero attached hydrogens (tertiary/aromatic N) is 2. The lowest BCUT2D eigenvalue weighted by Crippen LogP contribution is -2.42. The van der Waals surface area contributed by atoms with Crippen LogP contribution in [0.4, 0.5) is 5.69 Å². The van der Waals surface area contributed by atoms with Crippen LogP contribution in [0.5, 0.6) is 0 Å². The van der Waals surface area contributed by atoms with Gasteiger partial charge in [-0.15, -0.1) is 11.3 Å². The standard InChI is InChI=1S/C25H26BrN3OS/c1-5-15-8-6-7-9-18(15)29-19-11-25(3,4)12-20(30)23(19)22(16(13-27)24(29)28)21-10-17(26)14(2)31-21/h6-10,22H,5,11-12,28H2,1-4H3. The molecule has 0 spiro atoms. The lowest BCUT2D eigenvalue weighted by molar-refractivity contribution is -0.118. The summed E-state index contributed by atoms with van der Waals surface area (Å²) in [5.74, 6) is 0.126. The van der Waals surface area contributed by atoms with Gasteiger partial charge in [-0.05, 0) is 58.8 Å². The lowest BCUT2D eigenvalue weighted by Gasteiger charge is -2.44. The molecule has 4 nitrogen and oxygen atoms in total. The highest BCUT2D eigenvalue weighted by Gasteiger charge is 2.45. The van der Waals surface area contributed by atoms with E-state index in [9.17, 15) is 10.1 Å². The molecule has 0 saturated carbocycles. The number of anilines is 1. The number of hydrogen-bond acceptors (Lipinski definition) is 5. The summed E-state index contributed by atoms with van der Waals surface area (Å²) in [6.45, 7) is 8.39. The van der Waals surface area contributed by atoms with Crippen LogP contribution in [0.2, 0.25) is 0 Å². The lowest BCUT2D eigenvalue weighted by atomic mass is 9.69. The van der Waals surface area contributed by atoms with Gasteiger partial charge in [-0.25, -0.2) is 0 Å². The maximum Gasteiger partial charge on any atom is 0.162 e. The third-order valence-corrected chi connectivity index (χ3v) is 8.36. The number of para-hydroxylation sites is 1. The molecule has 0 radical (unpaired) electrons. The summed E-state index contributed by atoms with van der Waals surface area (Å²) in [5, 5.41) is 10.2. The first-order valence-electron chi connectivity index (χ1n) is 10.5. The van der Waals surface area contributed by atoms with Crippen LogP contribution in [0.25, 0.3) is 0 Å². The Hall–Kier alpha value is -2.36. The fourth-order valence-corrected chi connectivity index (χ4v) is 6.40. The van der Waals surface area contributed by atoms with Gasteiger partial charge < -0.3 is 5.73 Å². The molecule has 31 heavy (non-hydrogen) atoms. The van der Waals surface area contributed by atoms with Crippen molar-refractivity contribution in [3.8, 4) is 6.07 Å². The molecule has 2 aromatic rings. The van der Waals surface area contributed by atoms with Gasteiger partial charge >= 0.3 is 0 Å². The summed E-state index contributed by atoms with van der Waals surface area (Å²) in [6, 6.07) is 12.5. The number of nitrogens with two attached hydrogens (primary N) is 1. The van der Waals surface area contributed by atoms with Crippen molar-refractivity contribution >= 4 is 38.7 Å². The third-order valence-electron chi connectivity index (χ3n) is 6.16. The first kappa shape index (κ1) is 21.9. The first-order valence-corrected chi connectivity index (χ1v) is 12.1. The quantitative estimate of drug-likeness (QED) is 0.540. The average Bonchev–Trinajstić information content (AvgIpc) is 3.04. The van der Waals surface area contributed by atoms with E-state index < -0.39 is 5.92 Å². The highest BCUT2D eigenvalue weighted by molar-refractivity contribution is 9.10. The maximum absolute atomic E-state index is 13.6. The van der Waals surface area contributed by atoms with E-state index in [1.165, 1.54) is 0 Å². The van der Waals surface area contributed by atoms with Gasteiger partial charge in [0, 0.05) is 31.9 Å². The van der Waals surface area contributed by atoms with Crippen LogP contribution < -0.4 is 10.6 Å². The zero-order chi connectivity index (χ0) is 22.5. The highest BCUT2D eigenvalue weighted by atomic mass is 79.9. The Kier molecular flexibility index (Phi) is 5.61. The number of nitriles is 1. The molecule has 1 aromatic heterocycles. The molecule has 0 bridgehead atoms. The Morgan fingerprint density at radius 2 is 2.03 bits per heavy atom. The molecule has 1 aromatic carbocycles. The average molecular weight is 496 g/mol. The second-order valence-corrected chi connectivity index (χ2v) is 11.2. The number of carbonyl (C=O) groups is 1. The SMILES string of the molecule is CCc1ccccc1N1C(N)=C(C#N)C(c2cc(Br)c(C)s2)C2=C1CC(C)(C)CC2=O. The van der Waals surface area contributed by atoms with Crippen LogP contribution in [0.15, 0.2) is 57.5 Å². The zero-order valence-electron chi connectivity index (χ0n) is 18.3. The van der Waals surface area contributed by atoms with Crippen LogP contribution in [0.1, 0.15) is 54.8 Å². The van der Waals surface area contributed by atoms with Gasteiger partial charge in [0.2, 0.25) is 0 Å². The number of benzene rings is 1. The summed E-state index contributed by atoms with van der Waals surface area (Å²) >= 11 is 5.21. The number of aryl methyl sites for hydroxylation is 2. The molecule has 6 heteroatoms. The number of halogens is 1. The normalized spacial score (nSPS) is 20.7.